The van der Waals surface area contributed by atoms with Crippen molar-refractivity contribution in [1.82, 2.24) is 10.6 Å². The number of benzene rings is 1. The van der Waals surface area contributed by atoms with Crippen molar-refractivity contribution in [2.75, 3.05) is 18.5 Å². The third-order valence-corrected chi connectivity index (χ3v) is 2.86. The van der Waals surface area contributed by atoms with Crippen LogP contribution in [0.5, 0.6) is 0 Å². The number of aliphatic hydroxyl groups is 1. The van der Waals surface area contributed by atoms with Crippen LogP contribution in [-0.2, 0) is 0 Å². The highest BCUT2D eigenvalue weighted by molar-refractivity contribution is 5.95. The van der Waals surface area contributed by atoms with E-state index in [9.17, 15) is 9.50 Å². The topological polar surface area (TPSA) is 68.7 Å². The van der Waals surface area contributed by atoms with Crippen LogP contribution >= 0.6 is 0 Å². The molecule has 0 amide bonds. The molecule has 1 aromatic carbocycles. The van der Waals surface area contributed by atoms with Gasteiger partial charge in [0.2, 0.25) is 5.96 Å². The van der Waals surface area contributed by atoms with E-state index in [2.05, 4.69) is 27.9 Å². The van der Waals surface area contributed by atoms with Crippen molar-refractivity contribution < 1.29 is 9.50 Å². The number of aliphatic hydroxyl groups excluding tert-OH is 1. The number of hydrogen-bond donors (Lipinski definition) is 4. The first-order chi connectivity index (χ1) is 9.72. The molecule has 0 radical (unpaired) electrons. The van der Waals surface area contributed by atoms with E-state index in [0.717, 1.165) is 18.5 Å². The highest BCUT2D eigenvalue weighted by atomic mass is 19.1. The average molecular weight is 278 g/mol. The Morgan fingerprint density at radius 3 is 3.00 bits per heavy atom. The summed E-state index contributed by atoms with van der Waals surface area (Å²) >= 11 is 0. The van der Waals surface area contributed by atoms with Crippen LogP contribution < -0.4 is 16.0 Å². The fraction of sp³-hybridized carbons (Fsp3) is 0.357. The zero-order valence-electron chi connectivity index (χ0n) is 11.4. The van der Waals surface area contributed by atoms with Gasteiger partial charge in [0.25, 0.3) is 0 Å². The number of aliphatic imine (C=N–C) groups is 1. The monoisotopic (exact) mass is 278 g/mol. The Morgan fingerprint density at radius 1 is 1.45 bits per heavy atom. The molecule has 1 atom stereocenters. The van der Waals surface area contributed by atoms with Gasteiger partial charge in [-0.3, -0.25) is 5.32 Å². The van der Waals surface area contributed by atoms with Gasteiger partial charge in [0, 0.05) is 17.5 Å². The second-order valence-electron chi connectivity index (χ2n) is 4.49. The lowest BCUT2D eigenvalue weighted by molar-refractivity contribution is 0.315. The first-order valence-corrected chi connectivity index (χ1v) is 6.63. The van der Waals surface area contributed by atoms with Gasteiger partial charge in [0.1, 0.15) is 12.0 Å². The Bertz CT molecular complexity index is 516. The second kappa shape index (κ2) is 7.02. The van der Waals surface area contributed by atoms with Crippen LogP contribution in [0.2, 0.25) is 0 Å². The third kappa shape index (κ3) is 3.79. The van der Waals surface area contributed by atoms with Crippen LogP contribution in [0.3, 0.4) is 0 Å². The highest BCUT2D eigenvalue weighted by Gasteiger charge is 2.17. The third-order valence-electron chi connectivity index (χ3n) is 2.86. The minimum Gasteiger partial charge on any atom is -0.392 e. The SMILES string of the molecule is CCCNC1N=C(Nc2cccc(F)c2)NC=C1CO. The Labute approximate surface area is 117 Å². The molecule has 0 bridgehead atoms. The van der Waals surface area contributed by atoms with Crippen molar-refractivity contribution in [2.24, 2.45) is 4.99 Å². The predicted octanol–water partition coefficient (Wildman–Crippen LogP) is 1.40. The van der Waals surface area contributed by atoms with Gasteiger partial charge < -0.3 is 15.7 Å². The van der Waals surface area contributed by atoms with Crippen LogP contribution in [0.1, 0.15) is 13.3 Å². The molecule has 1 aliphatic rings. The molecule has 108 valence electrons. The maximum Gasteiger partial charge on any atom is 0.201 e. The summed E-state index contributed by atoms with van der Waals surface area (Å²) in [6.07, 6.45) is 2.42. The lowest BCUT2D eigenvalue weighted by atomic mass is 10.2. The fourth-order valence-electron chi connectivity index (χ4n) is 1.85. The van der Waals surface area contributed by atoms with E-state index >= 15 is 0 Å². The molecule has 20 heavy (non-hydrogen) atoms. The van der Waals surface area contributed by atoms with Crippen LogP contribution in [0, 0.1) is 5.82 Å². The summed E-state index contributed by atoms with van der Waals surface area (Å²) in [7, 11) is 0. The van der Waals surface area contributed by atoms with Crippen molar-refractivity contribution in [2.45, 2.75) is 19.5 Å². The Kier molecular flexibility index (Phi) is 5.09. The molecule has 5 nitrogen and oxygen atoms in total. The van der Waals surface area contributed by atoms with Crippen LogP contribution in [0.15, 0.2) is 41.0 Å². The predicted molar refractivity (Wildman–Crippen MR) is 77.8 cm³/mol. The van der Waals surface area contributed by atoms with Crippen molar-refractivity contribution in [3.63, 3.8) is 0 Å². The number of nitrogens with zero attached hydrogens (tertiary/aromatic N) is 1. The summed E-state index contributed by atoms with van der Waals surface area (Å²) in [5, 5.41) is 18.5. The van der Waals surface area contributed by atoms with Crippen LogP contribution in [0.4, 0.5) is 10.1 Å². The maximum atomic E-state index is 13.1. The van der Waals surface area contributed by atoms with Gasteiger partial charge in [0.15, 0.2) is 0 Å². The van der Waals surface area contributed by atoms with Crippen molar-refractivity contribution in [1.29, 1.82) is 0 Å². The van der Waals surface area contributed by atoms with E-state index in [1.807, 2.05) is 0 Å². The van der Waals surface area contributed by atoms with E-state index in [4.69, 9.17) is 0 Å². The standard InChI is InChI=1S/C14H19FN4O/c1-2-6-16-13-10(9-20)8-17-14(19-13)18-12-5-3-4-11(15)7-12/h3-5,7-8,13,16,20H,2,6,9H2,1H3,(H2,17,18,19). The molecule has 1 heterocycles. The van der Waals surface area contributed by atoms with Crippen LogP contribution in [-0.4, -0.2) is 30.4 Å². The smallest absolute Gasteiger partial charge is 0.201 e. The average Bonchev–Trinajstić information content (AvgIpc) is 2.45. The molecular weight excluding hydrogens is 259 g/mol. The van der Waals surface area contributed by atoms with Crippen LogP contribution in [0.25, 0.3) is 0 Å². The van der Waals surface area contributed by atoms with Crippen molar-refractivity contribution >= 4 is 11.6 Å². The molecule has 0 spiro atoms. The molecule has 0 aromatic heterocycles. The molecule has 1 aliphatic heterocycles. The molecular formula is C14H19FN4O. The Balaban J connectivity index is 2.06. The molecule has 1 aromatic rings. The molecule has 0 saturated heterocycles. The Morgan fingerprint density at radius 2 is 2.30 bits per heavy atom. The van der Waals surface area contributed by atoms with E-state index in [1.54, 1.807) is 18.3 Å². The van der Waals surface area contributed by atoms with Gasteiger partial charge in [-0.2, -0.15) is 0 Å². The minimum absolute atomic E-state index is 0.0644. The molecule has 6 heteroatoms. The van der Waals surface area contributed by atoms with Gasteiger partial charge in [0.05, 0.1) is 6.61 Å². The van der Waals surface area contributed by atoms with Gasteiger partial charge in [-0.15, -0.1) is 0 Å². The Hall–Kier alpha value is -1.92. The van der Waals surface area contributed by atoms with E-state index < -0.39 is 0 Å². The van der Waals surface area contributed by atoms with Gasteiger partial charge in [-0.05, 0) is 31.2 Å². The van der Waals surface area contributed by atoms with E-state index in [0.29, 0.717) is 11.6 Å². The normalized spacial score (nSPS) is 18.1. The molecule has 4 N–H and O–H groups in total. The molecule has 0 aliphatic carbocycles. The van der Waals surface area contributed by atoms with E-state index in [1.165, 1.54) is 12.1 Å². The minimum atomic E-state index is -0.307. The largest absolute Gasteiger partial charge is 0.392 e. The summed E-state index contributed by atoms with van der Waals surface area (Å²) in [5.74, 6) is 0.208. The first kappa shape index (κ1) is 14.5. The number of hydrogen-bond acceptors (Lipinski definition) is 5. The fourth-order valence-corrected chi connectivity index (χ4v) is 1.85. The molecule has 2 rings (SSSR count). The van der Waals surface area contributed by atoms with Crippen molar-refractivity contribution in [3.8, 4) is 0 Å². The highest BCUT2D eigenvalue weighted by Crippen LogP contribution is 2.12. The molecule has 0 saturated carbocycles. The van der Waals surface area contributed by atoms with Crippen molar-refractivity contribution in [3.05, 3.63) is 41.9 Å². The van der Waals surface area contributed by atoms with Gasteiger partial charge >= 0.3 is 0 Å². The number of rotatable bonds is 5. The molecule has 0 fully saturated rings. The number of nitrogens with one attached hydrogen (secondary N) is 3. The molecule has 1 unspecified atom stereocenters. The first-order valence-electron chi connectivity index (χ1n) is 6.63. The quantitative estimate of drug-likeness (QED) is 0.657. The lowest BCUT2D eigenvalue weighted by Crippen LogP contribution is -2.41. The summed E-state index contributed by atoms with van der Waals surface area (Å²) in [6.45, 7) is 2.80. The second-order valence-corrected chi connectivity index (χ2v) is 4.49. The maximum absolute atomic E-state index is 13.1. The van der Waals surface area contributed by atoms with E-state index in [-0.39, 0.29) is 18.6 Å². The zero-order valence-corrected chi connectivity index (χ0v) is 11.4. The number of anilines is 1. The summed E-state index contributed by atoms with van der Waals surface area (Å²) in [5.41, 5.74) is 1.38. The zero-order chi connectivity index (χ0) is 14.4. The number of halogens is 1. The van der Waals surface area contributed by atoms with Gasteiger partial charge in [-0.1, -0.05) is 13.0 Å². The summed E-state index contributed by atoms with van der Waals surface area (Å²) in [6, 6.07) is 6.16. The number of guanidine groups is 1. The summed E-state index contributed by atoms with van der Waals surface area (Å²) < 4.78 is 13.1. The summed E-state index contributed by atoms with van der Waals surface area (Å²) in [4.78, 5) is 4.43. The lowest BCUT2D eigenvalue weighted by Gasteiger charge is -2.23. The van der Waals surface area contributed by atoms with Gasteiger partial charge in [-0.25, -0.2) is 9.38 Å².